The molecule has 0 bridgehead atoms. The van der Waals surface area contributed by atoms with Crippen LogP contribution in [0.5, 0.6) is 23.0 Å². The van der Waals surface area contributed by atoms with Crippen LogP contribution in [0.4, 0.5) is 0 Å². The first-order valence-electron chi connectivity index (χ1n) is 9.56. The van der Waals surface area contributed by atoms with Crippen LogP contribution in [0.15, 0.2) is 73.1 Å². The van der Waals surface area contributed by atoms with Gasteiger partial charge >= 0.3 is 0 Å². The molecule has 2 aromatic carbocycles. The summed E-state index contributed by atoms with van der Waals surface area (Å²) in [6.07, 6.45) is 3.59. The molecule has 6 rings (SSSR count). The van der Waals surface area contributed by atoms with Crippen molar-refractivity contribution in [2.75, 3.05) is 13.6 Å². The molecule has 0 radical (unpaired) electrons. The van der Waals surface area contributed by atoms with Crippen LogP contribution in [0, 0.1) is 0 Å². The highest BCUT2D eigenvalue weighted by atomic mass is 16.7. The van der Waals surface area contributed by atoms with Gasteiger partial charge in [-0.25, -0.2) is 0 Å². The van der Waals surface area contributed by atoms with E-state index in [1.165, 1.54) is 0 Å². The number of fused-ring (bicyclic) bond motifs is 2. The summed E-state index contributed by atoms with van der Waals surface area (Å²) in [5.41, 5.74) is 5.74. The van der Waals surface area contributed by atoms with Crippen molar-refractivity contribution in [1.82, 2.24) is 9.97 Å². The Morgan fingerprint density at radius 3 is 1.40 bits per heavy atom. The standard InChI is InChI=1S/C24H16N2O4/c1-3-21-23(29-13-27-21)11-15(1)17-5-7-25-19(9-17)20-10-18(6-8-26-20)16-2-4-22-24(12-16)30-14-28-22/h1-12H,13-14H2. The van der Waals surface area contributed by atoms with Crippen LogP contribution in [-0.4, -0.2) is 23.6 Å². The molecule has 4 aromatic rings. The van der Waals surface area contributed by atoms with Crippen molar-refractivity contribution < 1.29 is 18.9 Å². The van der Waals surface area contributed by atoms with E-state index in [0.29, 0.717) is 0 Å². The predicted molar refractivity (Wildman–Crippen MR) is 111 cm³/mol. The normalized spacial score (nSPS) is 13.5. The smallest absolute Gasteiger partial charge is 0.231 e. The molecule has 2 aliphatic heterocycles. The minimum absolute atomic E-state index is 0.261. The number of nitrogens with zero attached hydrogens (tertiary/aromatic N) is 2. The van der Waals surface area contributed by atoms with E-state index in [1.54, 1.807) is 12.4 Å². The highest BCUT2D eigenvalue weighted by molar-refractivity contribution is 5.74. The van der Waals surface area contributed by atoms with Crippen LogP contribution in [0.25, 0.3) is 33.6 Å². The van der Waals surface area contributed by atoms with E-state index in [1.807, 2.05) is 60.7 Å². The van der Waals surface area contributed by atoms with Gasteiger partial charge in [-0.05, 0) is 70.8 Å². The van der Waals surface area contributed by atoms with E-state index in [0.717, 1.165) is 56.6 Å². The summed E-state index contributed by atoms with van der Waals surface area (Å²) in [6, 6.07) is 19.9. The lowest BCUT2D eigenvalue weighted by Gasteiger charge is -2.08. The van der Waals surface area contributed by atoms with E-state index in [-0.39, 0.29) is 13.6 Å². The van der Waals surface area contributed by atoms with Crippen LogP contribution in [0.2, 0.25) is 0 Å². The molecule has 6 nitrogen and oxygen atoms in total. The van der Waals surface area contributed by atoms with Gasteiger partial charge in [0.1, 0.15) is 0 Å². The highest BCUT2D eigenvalue weighted by Crippen LogP contribution is 2.38. The molecule has 0 fully saturated rings. The van der Waals surface area contributed by atoms with E-state index in [9.17, 15) is 0 Å². The quantitative estimate of drug-likeness (QED) is 0.489. The van der Waals surface area contributed by atoms with Crippen LogP contribution in [-0.2, 0) is 0 Å². The average Bonchev–Trinajstić information content (AvgIpc) is 3.47. The SMILES string of the molecule is c1cc(-c2ccc3c(c2)OCO3)cc(-c2cc(-c3ccc4c(c3)OCO4)ccn2)n1. The van der Waals surface area contributed by atoms with Gasteiger partial charge in [0, 0.05) is 12.4 Å². The summed E-state index contributed by atoms with van der Waals surface area (Å²) in [4.78, 5) is 9.07. The fourth-order valence-electron chi connectivity index (χ4n) is 3.65. The number of benzene rings is 2. The molecule has 0 amide bonds. The molecular weight excluding hydrogens is 380 g/mol. The van der Waals surface area contributed by atoms with Gasteiger partial charge in [-0.1, -0.05) is 12.1 Å². The molecule has 0 unspecified atom stereocenters. The Kier molecular flexibility index (Phi) is 3.81. The second-order valence-corrected chi connectivity index (χ2v) is 7.00. The third kappa shape index (κ3) is 2.90. The lowest BCUT2D eigenvalue weighted by molar-refractivity contribution is 0.173. The topological polar surface area (TPSA) is 62.7 Å². The maximum atomic E-state index is 5.50. The Bertz CT molecular complexity index is 1170. The van der Waals surface area contributed by atoms with Crippen LogP contribution >= 0.6 is 0 Å². The summed E-state index contributed by atoms with van der Waals surface area (Å²) in [5, 5.41) is 0. The molecular formula is C24H16N2O4. The van der Waals surface area contributed by atoms with Crippen molar-refractivity contribution in [2.45, 2.75) is 0 Å². The van der Waals surface area contributed by atoms with Crippen LogP contribution in [0.3, 0.4) is 0 Å². The molecule has 4 heterocycles. The van der Waals surface area contributed by atoms with Crippen molar-refractivity contribution in [1.29, 1.82) is 0 Å². The van der Waals surface area contributed by atoms with Gasteiger partial charge in [-0.15, -0.1) is 0 Å². The zero-order chi connectivity index (χ0) is 19.9. The van der Waals surface area contributed by atoms with Gasteiger partial charge in [-0.3, -0.25) is 9.97 Å². The van der Waals surface area contributed by atoms with Crippen molar-refractivity contribution in [2.24, 2.45) is 0 Å². The lowest BCUT2D eigenvalue weighted by atomic mass is 10.0. The first kappa shape index (κ1) is 16.9. The Morgan fingerprint density at radius 2 is 0.900 bits per heavy atom. The largest absolute Gasteiger partial charge is 0.454 e. The van der Waals surface area contributed by atoms with Crippen molar-refractivity contribution >= 4 is 0 Å². The van der Waals surface area contributed by atoms with Crippen molar-refractivity contribution in [3.63, 3.8) is 0 Å². The maximum absolute atomic E-state index is 5.50. The number of aromatic nitrogens is 2. The van der Waals surface area contributed by atoms with Gasteiger partial charge < -0.3 is 18.9 Å². The molecule has 2 aliphatic rings. The summed E-state index contributed by atoms with van der Waals surface area (Å²) in [5.74, 6) is 3.06. The van der Waals surface area contributed by atoms with Gasteiger partial charge in [-0.2, -0.15) is 0 Å². The van der Waals surface area contributed by atoms with E-state index in [2.05, 4.69) is 9.97 Å². The van der Waals surface area contributed by atoms with E-state index in [4.69, 9.17) is 18.9 Å². The molecule has 0 saturated heterocycles. The van der Waals surface area contributed by atoms with Crippen LogP contribution < -0.4 is 18.9 Å². The van der Waals surface area contributed by atoms with Crippen molar-refractivity contribution in [3.05, 3.63) is 73.1 Å². The molecule has 0 atom stereocenters. The minimum atomic E-state index is 0.261. The van der Waals surface area contributed by atoms with Crippen LogP contribution in [0.1, 0.15) is 0 Å². The third-order valence-corrected chi connectivity index (χ3v) is 5.19. The Hall–Kier alpha value is -4.06. The third-order valence-electron chi connectivity index (χ3n) is 5.19. The van der Waals surface area contributed by atoms with E-state index < -0.39 is 0 Å². The second-order valence-electron chi connectivity index (χ2n) is 7.00. The van der Waals surface area contributed by atoms with Gasteiger partial charge in [0.25, 0.3) is 0 Å². The highest BCUT2D eigenvalue weighted by Gasteiger charge is 2.16. The zero-order valence-corrected chi connectivity index (χ0v) is 15.9. The number of hydrogen-bond donors (Lipinski definition) is 0. The fraction of sp³-hybridized carbons (Fsp3) is 0.0833. The Balaban J connectivity index is 1.36. The molecule has 6 heteroatoms. The number of hydrogen-bond acceptors (Lipinski definition) is 6. The van der Waals surface area contributed by atoms with Gasteiger partial charge in [0.2, 0.25) is 13.6 Å². The summed E-state index contributed by atoms with van der Waals surface area (Å²) in [7, 11) is 0. The Labute approximate surface area is 172 Å². The molecule has 0 spiro atoms. The molecule has 146 valence electrons. The van der Waals surface area contributed by atoms with Crippen molar-refractivity contribution in [3.8, 4) is 56.6 Å². The summed E-state index contributed by atoms with van der Waals surface area (Å²) >= 11 is 0. The minimum Gasteiger partial charge on any atom is -0.454 e. The predicted octanol–water partition coefficient (Wildman–Crippen LogP) is 4.94. The molecule has 0 saturated carbocycles. The summed E-state index contributed by atoms with van der Waals surface area (Å²) < 4.78 is 21.8. The Morgan fingerprint density at radius 1 is 0.467 bits per heavy atom. The zero-order valence-electron chi connectivity index (χ0n) is 15.9. The first-order chi connectivity index (χ1) is 14.8. The average molecular weight is 396 g/mol. The molecule has 30 heavy (non-hydrogen) atoms. The monoisotopic (exact) mass is 396 g/mol. The fourth-order valence-corrected chi connectivity index (χ4v) is 3.65. The summed E-state index contributed by atoms with van der Waals surface area (Å²) in [6.45, 7) is 0.522. The second kappa shape index (κ2) is 6.77. The molecule has 0 N–H and O–H groups in total. The molecule has 0 aliphatic carbocycles. The number of rotatable bonds is 3. The van der Waals surface area contributed by atoms with Gasteiger partial charge in [0.15, 0.2) is 23.0 Å². The first-order valence-corrected chi connectivity index (χ1v) is 9.56. The van der Waals surface area contributed by atoms with Gasteiger partial charge in [0.05, 0.1) is 11.4 Å². The van der Waals surface area contributed by atoms with E-state index >= 15 is 0 Å². The number of ether oxygens (including phenoxy) is 4. The maximum Gasteiger partial charge on any atom is 0.231 e. The number of pyridine rings is 2. The molecule has 2 aromatic heterocycles. The lowest BCUT2D eigenvalue weighted by Crippen LogP contribution is -1.93.